The number of Topliss-reactive ketones (excluding diaryl/α,β-unsaturated/α-hetero) is 1. The highest BCUT2D eigenvalue weighted by Crippen LogP contribution is 2.13. The molecule has 0 atom stereocenters. The molecule has 0 bridgehead atoms. The zero-order valence-electron chi connectivity index (χ0n) is 9.91. The van der Waals surface area contributed by atoms with Gasteiger partial charge in [-0.25, -0.2) is 4.39 Å². The first-order valence-corrected chi connectivity index (χ1v) is 5.81. The maximum absolute atomic E-state index is 12.8. The summed E-state index contributed by atoms with van der Waals surface area (Å²) in [6, 6.07) is 5.52. The first kappa shape index (κ1) is 13.7. The highest BCUT2D eigenvalue weighted by molar-refractivity contribution is 6.18. The summed E-state index contributed by atoms with van der Waals surface area (Å²) in [6.45, 7) is 0. The monoisotopic (exact) mass is 255 g/mol. The lowest BCUT2D eigenvalue weighted by Crippen LogP contribution is -2.10. The van der Waals surface area contributed by atoms with Crippen LogP contribution >= 0.6 is 11.6 Å². The molecule has 4 heteroatoms. The first-order chi connectivity index (χ1) is 8.04. The van der Waals surface area contributed by atoms with Gasteiger partial charge in [-0.1, -0.05) is 0 Å². The van der Waals surface area contributed by atoms with Gasteiger partial charge >= 0.3 is 0 Å². The van der Waals surface area contributed by atoms with Crippen LogP contribution in [0.25, 0.3) is 0 Å². The summed E-state index contributed by atoms with van der Waals surface area (Å²) < 4.78 is 12.8. The highest BCUT2D eigenvalue weighted by atomic mass is 35.5. The van der Waals surface area contributed by atoms with E-state index in [1.54, 1.807) is 11.1 Å². The first-order valence-electron chi connectivity index (χ1n) is 5.28. The van der Waals surface area contributed by atoms with Crippen molar-refractivity contribution in [3.05, 3.63) is 47.4 Å². The molecule has 0 unspecified atom stereocenters. The Labute approximate surface area is 106 Å². The molecule has 92 valence electrons. The Hall–Kier alpha value is -1.35. The molecule has 0 aromatic heterocycles. The lowest BCUT2D eigenvalue weighted by molar-refractivity contribution is 0.103. The lowest BCUT2D eigenvalue weighted by atomic mass is 10.0. The minimum Gasteiger partial charge on any atom is -0.383 e. The molecule has 1 rings (SSSR count). The number of carbonyl (C=O) groups excluding carboxylic acids is 1. The third kappa shape index (κ3) is 4.19. The zero-order chi connectivity index (χ0) is 12.8. The van der Waals surface area contributed by atoms with Crippen LogP contribution in [-0.4, -0.2) is 30.7 Å². The van der Waals surface area contributed by atoms with Crippen molar-refractivity contribution in [2.45, 2.75) is 6.42 Å². The van der Waals surface area contributed by atoms with Gasteiger partial charge in [-0.2, -0.15) is 0 Å². The maximum atomic E-state index is 12.8. The maximum Gasteiger partial charge on any atom is 0.190 e. The Morgan fingerprint density at radius 1 is 1.35 bits per heavy atom. The molecule has 1 aromatic carbocycles. The Morgan fingerprint density at radius 3 is 2.41 bits per heavy atom. The van der Waals surface area contributed by atoms with Crippen LogP contribution < -0.4 is 0 Å². The number of hydrogen-bond acceptors (Lipinski definition) is 2. The zero-order valence-corrected chi connectivity index (χ0v) is 10.7. The fraction of sp³-hybridized carbons (Fsp3) is 0.308. The van der Waals surface area contributed by atoms with Crippen LogP contribution in [0.3, 0.4) is 0 Å². The van der Waals surface area contributed by atoms with Gasteiger partial charge in [-0.15, -0.1) is 11.6 Å². The molecule has 0 fully saturated rings. The van der Waals surface area contributed by atoms with Crippen molar-refractivity contribution in [2.75, 3.05) is 20.0 Å². The van der Waals surface area contributed by atoms with E-state index in [9.17, 15) is 9.18 Å². The number of alkyl halides is 1. The second-order valence-electron chi connectivity index (χ2n) is 3.89. The number of benzene rings is 1. The summed E-state index contributed by atoms with van der Waals surface area (Å²) in [5, 5.41) is 0. The molecular weight excluding hydrogens is 241 g/mol. The average molecular weight is 256 g/mol. The number of allylic oxidation sites excluding steroid dienone is 1. The molecule has 0 heterocycles. The van der Waals surface area contributed by atoms with E-state index < -0.39 is 0 Å². The van der Waals surface area contributed by atoms with E-state index in [2.05, 4.69) is 0 Å². The van der Waals surface area contributed by atoms with Crippen LogP contribution in [0.1, 0.15) is 16.8 Å². The summed E-state index contributed by atoms with van der Waals surface area (Å²) in [6.07, 6.45) is 2.24. The van der Waals surface area contributed by atoms with Gasteiger partial charge in [0, 0.05) is 37.3 Å². The number of carbonyl (C=O) groups is 1. The normalized spacial score (nSPS) is 11.4. The van der Waals surface area contributed by atoms with Gasteiger partial charge < -0.3 is 4.90 Å². The van der Waals surface area contributed by atoms with Gasteiger partial charge in [-0.05, 0) is 30.7 Å². The van der Waals surface area contributed by atoms with Crippen molar-refractivity contribution in [3.63, 3.8) is 0 Å². The molecule has 0 aliphatic carbocycles. The van der Waals surface area contributed by atoms with Gasteiger partial charge in [0.15, 0.2) is 5.78 Å². The summed E-state index contributed by atoms with van der Waals surface area (Å²) in [5.41, 5.74) is 1.10. The molecule has 0 spiro atoms. The van der Waals surface area contributed by atoms with E-state index in [4.69, 9.17) is 11.6 Å². The predicted molar refractivity (Wildman–Crippen MR) is 67.8 cm³/mol. The molecule has 0 N–H and O–H groups in total. The Morgan fingerprint density at radius 2 is 1.94 bits per heavy atom. The van der Waals surface area contributed by atoms with Gasteiger partial charge in [0.1, 0.15) is 5.82 Å². The summed E-state index contributed by atoms with van der Waals surface area (Å²) in [4.78, 5) is 13.9. The van der Waals surface area contributed by atoms with Crippen LogP contribution in [0.15, 0.2) is 36.0 Å². The second-order valence-corrected chi connectivity index (χ2v) is 4.27. The molecule has 0 saturated carbocycles. The molecule has 1 aromatic rings. The molecule has 2 nitrogen and oxygen atoms in total. The quantitative estimate of drug-likeness (QED) is 0.458. The third-order valence-corrected chi connectivity index (χ3v) is 2.36. The van der Waals surface area contributed by atoms with Crippen LogP contribution in [0.2, 0.25) is 0 Å². The smallest absolute Gasteiger partial charge is 0.190 e. The standard InChI is InChI=1S/C13H15ClFNO/c1-16(2)9-11(7-8-14)13(17)10-3-5-12(15)6-4-10/h3-6,9H,7-8H2,1-2H3. The summed E-state index contributed by atoms with van der Waals surface area (Å²) in [7, 11) is 3.68. The van der Waals surface area contributed by atoms with Crippen molar-refractivity contribution in [1.29, 1.82) is 0 Å². The Kier molecular flexibility index (Phi) is 5.16. The SMILES string of the molecule is CN(C)C=C(CCCl)C(=O)c1ccc(F)cc1. The van der Waals surface area contributed by atoms with Crippen LogP contribution in [-0.2, 0) is 0 Å². The van der Waals surface area contributed by atoms with Gasteiger partial charge in [0.25, 0.3) is 0 Å². The fourth-order valence-corrected chi connectivity index (χ4v) is 1.64. The van der Waals surface area contributed by atoms with Gasteiger partial charge in [0.05, 0.1) is 0 Å². The van der Waals surface area contributed by atoms with E-state index >= 15 is 0 Å². The van der Waals surface area contributed by atoms with Crippen molar-refractivity contribution in [3.8, 4) is 0 Å². The van der Waals surface area contributed by atoms with E-state index in [0.717, 1.165) is 0 Å². The topological polar surface area (TPSA) is 20.3 Å². The molecule has 0 radical (unpaired) electrons. The van der Waals surface area contributed by atoms with Gasteiger partial charge in [-0.3, -0.25) is 4.79 Å². The number of nitrogens with zero attached hydrogens (tertiary/aromatic N) is 1. The molecule has 0 saturated heterocycles. The van der Waals surface area contributed by atoms with Crippen molar-refractivity contribution in [1.82, 2.24) is 4.90 Å². The molecule has 17 heavy (non-hydrogen) atoms. The molecule has 0 aliphatic heterocycles. The molecule has 0 amide bonds. The second kappa shape index (κ2) is 6.40. The van der Waals surface area contributed by atoms with Crippen molar-refractivity contribution in [2.24, 2.45) is 0 Å². The fourth-order valence-electron chi connectivity index (χ4n) is 1.44. The summed E-state index contributed by atoms with van der Waals surface area (Å²) in [5.74, 6) is -0.0801. The van der Waals surface area contributed by atoms with Crippen LogP contribution in [0, 0.1) is 5.82 Å². The van der Waals surface area contributed by atoms with E-state index in [1.165, 1.54) is 24.3 Å². The minimum absolute atomic E-state index is 0.112. The van der Waals surface area contributed by atoms with Crippen molar-refractivity contribution >= 4 is 17.4 Å². The van der Waals surface area contributed by atoms with Crippen LogP contribution in [0.5, 0.6) is 0 Å². The predicted octanol–water partition coefficient (Wildman–Crippen LogP) is 3.08. The largest absolute Gasteiger partial charge is 0.383 e. The number of halogens is 2. The number of hydrogen-bond donors (Lipinski definition) is 0. The lowest BCUT2D eigenvalue weighted by Gasteiger charge is -2.10. The molecule has 0 aliphatic rings. The number of rotatable bonds is 5. The minimum atomic E-state index is -0.350. The van der Waals surface area contributed by atoms with E-state index in [-0.39, 0.29) is 11.6 Å². The molecular formula is C13H15ClFNO. The average Bonchev–Trinajstić information content (AvgIpc) is 2.28. The highest BCUT2D eigenvalue weighted by Gasteiger charge is 2.12. The van der Waals surface area contributed by atoms with Crippen LogP contribution in [0.4, 0.5) is 4.39 Å². The van der Waals surface area contributed by atoms with E-state index in [0.29, 0.717) is 23.4 Å². The Bertz CT molecular complexity index is 412. The summed E-state index contributed by atoms with van der Waals surface area (Å²) >= 11 is 5.66. The van der Waals surface area contributed by atoms with Crippen molar-refractivity contribution < 1.29 is 9.18 Å². The number of ketones is 1. The Balaban J connectivity index is 2.95. The van der Waals surface area contributed by atoms with E-state index in [1.807, 2.05) is 14.1 Å². The third-order valence-electron chi connectivity index (χ3n) is 2.18. The van der Waals surface area contributed by atoms with Gasteiger partial charge in [0.2, 0.25) is 0 Å².